The predicted molar refractivity (Wildman–Crippen MR) is 65.6 cm³/mol. The summed E-state index contributed by atoms with van der Waals surface area (Å²) in [6, 6.07) is 1.16. The van der Waals surface area contributed by atoms with Crippen molar-refractivity contribution < 1.29 is 27.5 Å². The molecule has 0 spiro atoms. The van der Waals surface area contributed by atoms with Crippen molar-refractivity contribution in [1.29, 1.82) is 0 Å². The molecule has 1 rings (SSSR count). The van der Waals surface area contributed by atoms with E-state index < -0.39 is 46.6 Å². The summed E-state index contributed by atoms with van der Waals surface area (Å²) >= 11 is 0. The van der Waals surface area contributed by atoms with E-state index in [-0.39, 0.29) is 6.61 Å². The first kappa shape index (κ1) is 16.2. The molecule has 0 bridgehead atoms. The van der Waals surface area contributed by atoms with E-state index in [4.69, 9.17) is 4.74 Å². The largest absolute Gasteiger partial charge is 0.465 e. The molecular weight excluding hydrogens is 273 g/mol. The molecule has 0 aliphatic heterocycles. The van der Waals surface area contributed by atoms with Crippen LogP contribution >= 0.6 is 0 Å². The lowest BCUT2D eigenvalue weighted by Gasteiger charge is -2.18. The molecule has 0 aromatic heterocycles. The zero-order valence-electron chi connectivity index (χ0n) is 11.4. The second-order valence-electron chi connectivity index (χ2n) is 4.59. The van der Waals surface area contributed by atoms with Crippen molar-refractivity contribution in [3.8, 4) is 0 Å². The van der Waals surface area contributed by atoms with Crippen LogP contribution in [0.15, 0.2) is 12.1 Å². The van der Waals surface area contributed by atoms with Crippen molar-refractivity contribution in [2.24, 2.45) is 11.8 Å². The van der Waals surface area contributed by atoms with E-state index in [0.29, 0.717) is 12.1 Å². The molecule has 0 radical (unpaired) electrons. The quantitative estimate of drug-likeness (QED) is 0.362. The van der Waals surface area contributed by atoms with Gasteiger partial charge in [0.2, 0.25) is 0 Å². The molecule has 0 amide bonds. The molecule has 20 heavy (non-hydrogen) atoms. The number of rotatable bonds is 5. The summed E-state index contributed by atoms with van der Waals surface area (Å²) in [7, 11) is 0. The number of benzene rings is 1. The lowest BCUT2D eigenvalue weighted by atomic mass is 9.88. The van der Waals surface area contributed by atoms with Crippen molar-refractivity contribution in [2.75, 3.05) is 6.61 Å². The number of Topliss-reactive ketones (excluding diaryl/α,β-unsaturated/α-hetero) is 1. The van der Waals surface area contributed by atoms with Crippen molar-refractivity contribution >= 4 is 11.8 Å². The van der Waals surface area contributed by atoms with Crippen molar-refractivity contribution in [1.82, 2.24) is 0 Å². The number of ether oxygens (including phenoxy) is 1. The van der Waals surface area contributed by atoms with Gasteiger partial charge in [-0.2, -0.15) is 0 Å². The Bertz CT molecular complexity index is 503. The molecule has 3 nitrogen and oxygen atoms in total. The maximum atomic E-state index is 13.1. The van der Waals surface area contributed by atoms with Crippen molar-refractivity contribution in [3.05, 3.63) is 35.1 Å². The lowest BCUT2D eigenvalue weighted by molar-refractivity contribution is -0.147. The second-order valence-corrected chi connectivity index (χ2v) is 4.59. The SMILES string of the molecule is CCOC(=O)C(C(=O)c1cc(F)c(F)c(F)c1)C(C)C. The Balaban J connectivity index is 3.16. The van der Waals surface area contributed by atoms with Gasteiger partial charge in [-0.3, -0.25) is 9.59 Å². The molecule has 110 valence electrons. The molecule has 1 atom stereocenters. The number of carbonyl (C=O) groups excluding carboxylic acids is 2. The maximum Gasteiger partial charge on any atom is 0.317 e. The smallest absolute Gasteiger partial charge is 0.317 e. The van der Waals surface area contributed by atoms with E-state index in [9.17, 15) is 22.8 Å². The molecule has 0 N–H and O–H groups in total. The van der Waals surface area contributed by atoms with Gasteiger partial charge in [0, 0.05) is 5.56 Å². The fourth-order valence-electron chi connectivity index (χ4n) is 1.79. The predicted octanol–water partition coefficient (Wildman–Crippen LogP) is 3.12. The zero-order chi connectivity index (χ0) is 15.4. The number of esters is 1. The number of carbonyl (C=O) groups is 2. The standard InChI is InChI=1S/C14H15F3O3/c1-4-20-14(19)11(7(2)3)13(18)8-5-9(15)12(17)10(16)6-8/h5-7,11H,4H2,1-3H3. The Labute approximate surface area is 114 Å². The summed E-state index contributed by atoms with van der Waals surface area (Å²) in [6.45, 7) is 4.88. The minimum absolute atomic E-state index is 0.0848. The van der Waals surface area contributed by atoms with E-state index in [0.717, 1.165) is 0 Å². The number of ketones is 1. The minimum atomic E-state index is -1.65. The molecular formula is C14H15F3O3. The normalized spacial score (nSPS) is 12.3. The van der Waals surface area contributed by atoms with Crippen LogP contribution in [-0.4, -0.2) is 18.4 Å². The van der Waals surface area contributed by atoms with Crippen LogP contribution in [-0.2, 0) is 9.53 Å². The van der Waals surface area contributed by atoms with Crippen LogP contribution in [0.5, 0.6) is 0 Å². The van der Waals surface area contributed by atoms with Gasteiger partial charge < -0.3 is 4.74 Å². The van der Waals surface area contributed by atoms with Gasteiger partial charge in [0.1, 0.15) is 5.92 Å². The lowest BCUT2D eigenvalue weighted by Crippen LogP contribution is -2.31. The molecule has 0 aliphatic rings. The fourth-order valence-corrected chi connectivity index (χ4v) is 1.79. The third-order valence-corrected chi connectivity index (χ3v) is 2.76. The Morgan fingerprint density at radius 3 is 2.05 bits per heavy atom. The van der Waals surface area contributed by atoms with Gasteiger partial charge in [0.25, 0.3) is 0 Å². The Hall–Kier alpha value is -1.85. The number of hydrogen-bond donors (Lipinski definition) is 0. The van der Waals surface area contributed by atoms with Gasteiger partial charge >= 0.3 is 5.97 Å². The molecule has 1 aromatic rings. The molecule has 6 heteroatoms. The monoisotopic (exact) mass is 288 g/mol. The second kappa shape index (κ2) is 6.54. The van der Waals surface area contributed by atoms with Gasteiger partial charge in [-0.1, -0.05) is 13.8 Å². The van der Waals surface area contributed by atoms with E-state index in [2.05, 4.69) is 0 Å². The van der Waals surface area contributed by atoms with Crippen LogP contribution in [0.1, 0.15) is 31.1 Å². The van der Waals surface area contributed by atoms with Crippen LogP contribution in [0, 0.1) is 29.3 Å². The summed E-state index contributed by atoms with van der Waals surface area (Å²) < 4.78 is 43.9. The fraction of sp³-hybridized carbons (Fsp3) is 0.429. The molecule has 0 saturated carbocycles. The van der Waals surface area contributed by atoms with Crippen molar-refractivity contribution in [2.45, 2.75) is 20.8 Å². The van der Waals surface area contributed by atoms with Crippen LogP contribution in [0.25, 0.3) is 0 Å². The summed E-state index contributed by atoms with van der Waals surface area (Å²) in [5.41, 5.74) is -0.395. The van der Waals surface area contributed by atoms with Gasteiger partial charge in [0.15, 0.2) is 23.2 Å². The maximum absolute atomic E-state index is 13.1. The molecule has 1 unspecified atom stereocenters. The average molecular weight is 288 g/mol. The van der Waals surface area contributed by atoms with Gasteiger partial charge in [0.05, 0.1) is 6.61 Å². The van der Waals surface area contributed by atoms with E-state index >= 15 is 0 Å². The highest BCUT2D eigenvalue weighted by Crippen LogP contribution is 2.22. The summed E-state index contributed by atoms with van der Waals surface area (Å²) in [6.07, 6.45) is 0. The van der Waals surface area contributed by atoms with Crippen molar-refractivity contribution in [3.63, 3.8) is 0 Å². The summed E-state index contributed by atoms with van der Waals surface area (Å²) in [4.78, 5) is 23.9. The van der Waals surface area contributed by atoms with Crippen LogP contribution in [0.3, 0.4) is 0 Å². The highest BCUT2D eigenvalue weighted by Gasteiger charge is 2.32. The zero-order valence-corrected chi connectivity index (χ0v) is 11.4. The Morgan fingerprint density at radius 1 is 1.15 bits per heavy atom. The minimum Gasteiger partial charge on any atom is -0.465 e. The average Bonchev–Trinajstić information content (AvgIpc) is 2.35. The molecule has 0 saturated heterocycles. The topological polar surface area (TPSA) is 43.4 Å². The van der Waals surface area contributed by atoms with Gasteiger partial charge in [-0.15, -0.1) is 0 Å². The first-order valence-corrected chi connectivity index (χ1v) is 6.15. The van der Waals surface area contributed by atoms with E-state index in [1.807, 2.05) is 0 Å². The summed E-state index contributed by atoms with van der Waals surface area (Å²) in [5, 5.41) is 0. The highest BCUT2D eigenvalue weighted by atomic mass is 19.2. The molecule has 1 aromatic carbocycles. The highest BCUT2D eigenvalue weighted by molar-refractivity contribution is 6.08. The molecule has 0 heterocycles. The Morgan fingerprint density at radius 2 is 1.65 bits per heavy atom. The van der Waals surface area contributed by atoms with Crippen LogP contribution < -0.4 is 0 Å². The number of halogens is 3. The Kier molecular flexibility index (Phi) is 5.30. The third-order valence-electron chi connectivity index (χ3n) is 2.76. The first-order chi connectivity index (χ1) is 9.29. The van der Waals surface area contributed by atoms with Crippen LogP contribution in [0.4, 0.5) is 13.2 Å². The summed E-state index contributed by atoms with van der Waals surface area (Å²) in [5.74, 6) is -7.76. The van der Waals surface area contributed by atoms with Gasteiger partial charge in [-0.05, 0) is 25.0 Å². The molecule has 0 aliphatic carbocycles. The van der Waals surface area contributed by atoms with Crippen LogP contribution in [0.2, 0.25) is 0 Å². The number of hydrogen-bond acceptors (Lipinski definition) is 3. The first-order valence-electron chi connectivity index (χ1n) is 6.15. The third kappa shape index (κ3) is 3.37. The van der Waals surface area contributed by atoms with E-state index in [1.165, 1.54) is 0 Å². The van der Waals surface area contributed by atoms with Gasteiger partial charge in [-0.25, -0.2) is 13.2 Å². The van der Waals surface area contributed by atoms with E-state index in [1.54, 1.807) is 20.8 Å². The molecule has 0 fully saturated rings.